The summed E-state index contributed by atoms with van der Waals surface area (Å²) < 4.78 is 5.42. The van der Waals surface area contributed by atoms with Crippen LogP contribution in [0.15, 0.2) is 30.3 Å². The molecule has 1 aliphatic heterocycles. The molecule has 0 spiro atoms. The molecule has 1 atom stereocenters. The fourth-order valence-electron chi connectivity index (χ4n) is 2.19. The van der Waals surface area contributed by atoms with Crippen LogP contribution in [-0.2, 0) is 11.3 Å². The first-order chi connectivity index (χ1) is 7.38. The Labute approximate surface area is 91.9 Å². The largest absolute Gasteiger partial charge is 0.380 e. The van der Waals surface area contributed by atoms with Gasteiger partial charge < -0.3 is 4.74 Å². The molecule has 1 aromatic carbocycles. The van der Waals surface area contributed by atoms with Gasteiger partial charge in [0.15, 0.2) is 0 Å². The number of benzene rings is 1. The van der Waals surface area contributed by atoms with Gasteiger partial charge in [-0.05, 0) is 24.9 Å². The first-order valence-electron chi connectivity index (χ1n) is 5.67. The fourth-order valence-corrected chi connectivity index (χ4v) is 2.19. The van der Waals surface area contributed by atoms with Crippen LogP contribution in [0.25, 0.3) is 0 Å². The van der Waals surface area contributed by atoms with E-state index in [1.807, 2.05) is 7.11 Å². The van der Waals surface area contributed by atoms with Gasteiger partial charge in [-0.25, -0.2) is 0 Å². The topological polar surface area (TPSA) is 12.5 Å². The quantitative estimate of drug-likeness (QED) is 0.750. The summed E-state index contributed by atoms with van der Waals surface area (Å²) in [5.41, 5.74) is 1.40. The molecule has 1 heterocycles. The Bertz CT molecular complexity index is 286. The molecule has 82 valence electrons. The van der Waals surface area contributed by atoms with E-state index in [9.17, 15) is 0 Å². The highest BCUT2D eigenvalue weighted by molar-refractivity contribution is 5.14. The minimum Gasteiger partial charge on any atom is -0.380 e. The van der Waals surface area contributed by atoms with Gasteiger partial charge in [0.05, 0.1) is 6.10 Å². The number of hydrogen-bond acceptors (Lipinski definition) is 2. The minimum absolute atomic E-state index is 0.433. The summed E-state index contributed by atoms with van der Waals surface area (Å²) in [6.07, 6.45) is 2.90. The number of rotatable bonds is 3. The molecule has 2 rings (SSSR count). The van der Waals surface area contributed by atoms with Gasteiger partial charge in [-0.1, -0.05) is 30.3 Å². The number of ether oxygens (including phenoxy) is 1. The maximum absolute atomic E-state index is 5.42. The van der Waals surface area contributed by atoms with Gasteiger partial charge in [0.2, 0.25) is 0 Å². The first-order valence-corrected chi connectivity index (χ1v) is 5.67. The number of methoxy groups -OCH3 is 1. The number of piperidine rings is 1. The lowest BCUT2D eigenvalue weighted by Gasteiger charge is -2.31. The Morgan fingerprint density at radius 3 is 2.87 bits per heavy atom. The third-order valence-corrected chi connectivity index (χ3v) is 3.04. The molecule has 1 unspecified atom stereocenters. The monoisotopic (exact) mass is 205 g/mol. The van der Waals surface area contributed by atoms with E-state index >= 15 is 0 Å². The first kappa shape index (κ1) is 10.7. The van der Waals surface area contributed by atoms with Crippen LogP contribution in [0, 0.1) is 0 Å². The van der Waals surface area contributed by atoms with Crippen LogP contribution in [0.1, 0.15) is 18.4 Å². The smallest absolute Gasteiger partial charge is 0.0698 e. The summed E-state index contributed by atoms with van der Waals surface area (Å²) in [4.78, 5) is 2.48. The van der Waals surface area contributed by atoms with Gasteiger partial charge in [0.25, 0.3) is 0 Å². The Hall–Kier alpha value is -0.860. The van der Waals surface area contributed by atoms with Crippen LogP contribution < -0.4 is 0 Å². The zero-order valence-electron chi connectivity index (χ0n) is 9.36. The Morgan fingerprint density at radius 2 is 2.13 bits per heavy atom. The van der Waals surface area contributed by atoms with Crippen molar-refractivity contribution in [3.05, 3.63) is 35.9 Å². The van der Waals surface area contributed by atoms with Crippen molar-refractivity contribution in [3.63, 3.8) is 0 Å². The van der Waals surface area contributed by atoms with Crippen LogP contribution in [0.2, 0.25) is 0 Å². The highest BCUT2D eigenvalue weighted by atomic mass is 16.5. The molecule has 0 radical (unpaired) electrons. The Kier molecular flexibility index (Phi) is 3.75. The second kappa shape index (κ2) is 5.29. The van der Waals surface area contributed by atoms with Crippen molar-refractivity contribution < 1.29 is 4.74 Å². The predicted molar refractivity (Wildman–Crippen MR) is 61.8 cm³/mol. The lowest BCUT2D eigenvalue weighted by molar-refractivity contribution is 0.0285. The molecule has 1 aliphatic rings. The maximum Gasteiger partial charge on any atom is 0.0698 e. The molecule has 1 aromatic rings. The predicted octanol–water partition coefficient (Wildman–Crippen LogP) is 2.30. The van der Waals surface area contributed by atoms with E-state index in [2.05, 4.69) is 35.2 Å². The van der Waals surface area contributed by atoms with E-state index in [1.54, 1.807) is 0 Å². The van der Waals surface area contributed by atoms with Crippen molar-refractivity contribution in [3.8, 4) is 0 Å². The Morgan fingerprint density at radius 1 is 1.33 bits per heavy atom. The summed E-state index contributed by atoms with van der Waals surface area (Å²) in [5, 5.41) is 0. The summed E-state index contributed by atoms with van der Waals surface area (Å²) in [5.74, 6) is 0. The SMILES string of the molecule is COC1CCCN(Cc2ccccc2)C1. The van der Waals surface area contributed by atoms with Crippen molar-refractivity contribution in [1.29, 1.82) is 0 Å². The maximum atomic E-state index is 5.42. The molecule has 0 N–H and O–H groups in total. The fraction of sp³-hybridized carbons (Fsp3) is 0.538. The van der Waals surface area contributed by atoms with Gasteiger partial charge in [0.1, 0.15) is 0 Å². The number of hydrogen-bond donors (Lipinski definition) is 0. The van der Waals surface area contributed by atoms with E-state index in [0.717, 1.165) is 13.1 Å². The summed E-state index contributed by atoms with van der Waals surface area (Å²) >= 11 is 0. The zero-order valence-corrected chi connectivity index (χ0v) is 9.36. The van der Waals surface area contributed by atoms with Crippen molar-refractivity contribution in [1.82, 2.24) is 4.90 Å². The molecule has 15 heavy (non-hydrogen) atoms. The van der Waals surface area contributed by atoms with Gasteiger partial charge >= 0.3 is 0 Å². The molecule has 0 aliphatic carbocycles. The van der Waals surface area contributed by atoms with Crippen molar-refractivity contribution in [2.45, 2.75) is 25.5 Å². The lowest BCUT2D eigenvalue weighted by atomic mass is 10.1. The molecule has 0 amide bonds. The average Bonchev–Trinajstić information content (AvgIpc) is 2.31. The van der Waals surface area contributed by atoms with Crippen LogP contribution in [0.4, 0.5) is 0 Å². The van der Waals surface area contributed by atoms with Crippen LogP contribution in [0.5, 0.6) is 0 Å². The van der Waals surface area contributed by atoms with Crippen LogP contribution >= 0.6 is 0 Å². The second-order valence-corrected chi connectivity index (χ2v) is 4.22. The molecule has 0 bridgehead atoms. The standard InChI is InChI=1S/C13H19NO/c1-15-13-8-5-9-14(11-13)10-12-6-3-2-4-7-12/h2-4,6-7,13H,5,8-11H2,1H3. The summed E-state index contributed by atoms with van der Waals surface area (Å²) in [6, 6.07) is 10.7. The third-order valence-electron chi connectivity index (χ3n) is 3.04. The molecular weight excluding hydrogens is 186 g/mol. The molecular formula is C13H19NO. The van der Waals surface area contributed by atoms with E-state index in [4.69, 9.17) is 4.74 Å². The zero-order chi connectivity index (χ0) is 10.5. The Balaban J connectivity index is 1.89. The normalized spacial score (nSPS) is 22.9. The summed E-state index contributed by atoms with van der Waals surface area (Å²) in [7, 11) is 1.82. The number of likely N-dealkylation sites (tertiary alicyclic amines) is 1. The highest BCUT2D eigenvalue weighted by Gasteiger charge is 2.18. The van der Waals surface area contributed by atoms with Crippen LogP contribution in [0.3, 0.4) is 0 Å². The molecule has 0 saturated carbocycles. The summed E-state index contributed by atoms with van der Waals surface area (Å²) in [6.45, 7) is 3.33. The van der Waals surface area contributed by atoms with E-state index in [0.29, 0.717) is 6.10 Å². The van der Waals surface area contributed by atoms with Gasteiger partial charge in [-0.15, -0.1) is 0 Å². The third kappa shape index (κ3) is 3.05. The average molecular weight is 205 g/mol. The highest BCUT2D eigenvalue weighted by Crippen LogP contribution is 2.15. The van der Waals surface area contributed by atoms with E-state index < -0.39 is 0 Å². The second-order valence-electron chi connectivity index (χ2n) is 4.22. The van der Waals surface area contributed by atoms with Gasteiger partial charge in [0, 0.05) is 20.2 Å². The van der Waals surface area contributed by atoms with Gasteiger partial charge in [-0.3, -0.25) is 4.90 Å². The molecule has 2 heteroatoms. The molecule has 0 aromatic heterocycles. The molecule has 1 fully saturated rings. The van der Waals surface area contributed by atoms with Crippen molar-refractivity contribution >= 4 is 0 Å². The van der Waals surface area contributed by atoms with Gasteiger partial charge in [-0.2, -0.15) is 0 Å². The van der Waals surface area contributed by atoms with E-state index in [-0.39, 0.29) is 0 Å². The molecule has 1 saturated heterocycles. The number of nitrogens with zero attached hydrogens (tertiary/aromatic N) is 1. The van der Waals surface area contributed by atoms with Crippen LogP contribution in [-0.4, -0.2) is 31.2 Å². The van der Waals surface area contributed by atoms with E-state index in [1.165, 1.54) is 24.9 Å². The van der Waals surface area contributed by atoms with Crippen molar-refractivity contribution in [2.75, 3.05) is 20.2 Å². The lowest BCUT2D eigenvalue weighted by Crippen LogP contribution is -2.38. The van der Waals surface area contributed by atoms with Crippen molar-refractivity contribution in [2.24, 2.45) is 0 Å². The molecule has 2 nitrogen and oxygen atoms in total. The minimum atomic E-state index is 0.433.